The summed E-state index contributed by atoms with van der Waals surface area (Å²) >= 11 is 0. The van der Waals surface area contributed by atoms with Crippen molar-refractivity contribution in [3.63, 3.8) is 0 Å². The Kier molecular flexibility index (Phi) is 6.55. The van der Waals surface area contributed by atoms with Crippen LogP contribution in [0, 0.1) is 11.7 Å². The predicted octanol–water partition coefficient (Wildman–Crippen LogP) is 2.29. The van der Waals surface area contributed by atoms with E-state index in [1.807, 2.05) is 0 Å². The molecule has 0 spiro atoms. The molecule has 2 aromatic rings. The summed E-state index contributed by atoms with van der Waals surface area (Å²) in [7, 11) is 0. The van der Waals surface area contributed by atoms with Gasteiger partial charge in [-0.1, -0.05) is 20.3 Å². The minimum Gasteiger partial charge on any atom is -0.352 e. The molecule has 1 aliphatic heterocycles. The molecule has 1 amide bonds. The third-order valence-corrected chi connectivity index (χ3v) is 5.20. The highest BCUT2D eigenvalue weighted by Gasteiger charge is 2.19. The van der Waals surface area contributed by atoms with Gasteiger partial charge in [0.2, 0.25) is 0 Å². The van der Waals surface area contributed by atoms with Gasteiger partial charge >= 0.3 is 0 Å². The van der Waals surface area contributed by atoms with Crippen LogP contribution in [0.5, 0.6) is 0 Å². The van der Waals surface area contributed by atoms with E-state index in [0.717, 1.165) is 44.2 Å². The van der Waals surface area contributed by atoms with E-state index in [-0.39, 0.29) is 11.7 Å². The van der Waals surface area contributed by atoms with Crippen molar-refractivity contribution in [2.24, 2.45) is 5.92 Å². The van der Waals surface area contributed by atoms with Gasteiger partial charge in [0.15, 0.2) is 0 Å². The second-order valence-electron chi connectivity index (χ2n) is 7.26. The van der Waals surface area contributed by atoms with Crippen molar-refractivity contribution in [1.82, 2.24) is 25.0 Å². The van der Waals surface area contributed by atoms with E-state index >= 15 is 0 Å². The molecule has 0 bridgehead atoms. The lowest BCUT2D eigenvalue weighted by molar-refractivity contribution is 0.0954. The molecule has 1 N–H and O–H groups in total. The van der Waals surface area contributed by atoms with Crippen LogP contribution in [-0.2, 0) is 19.4 Å². The maximum Gasteiger partial charge on any atom is 0.251 e. The number of carbonyl (C=O) groups is 1. The lowest BCUT2D eigenvalue weighted by Crippen LogP contribution is -2.31. The minimum atomic E-state index is -0.347. The lowest BCUT2D eigenvalue weighted by Gasteiger charge is -2.22. The summed E-state index contributed by atoms with van der Waals surface area (Å²) in [5.74, 6) is 2.09. The molecule has 1 aromatic carbocycles. The van der Waals surface area contributed by atoms with Crippen LogP contribution in [0.4, 0.5) is 4.39 Å². The Balaban J connectivity index is 1.52. The number of hydrogen-bond acceptors (Lipinski definition) is 4. The number of carbonyl (C=O) groups excluding carboxylic acids is 1. The highest BCUT2D eigenvalue weighted by atomic mass is 19.1. The molecule has 1 aromatic heterocycles. The van der Waals surface area contributed by atoms with Gasteiger partial charge in [-0.2, -0.15) is 0 Å². The maximum atomic E-state index is 12.9. The highest BCUT2D eigenvalue weighted by Crippen LogP contribution is 2.12. The fourth-order valence-corrected chi connectivity index (χ4v) is 3.36. The van der Waals surface area contributed by atoms with E-state index in [4.69, 9.17) is 0 Å². The fourth-order valence-electron chi connectivity index (χ4n) is 3.36. The number of halogens is 1. The number of nitrogens with zero attached hydrogens (tertiary/aromatic N) is 4. The van der Waals surface area contributed by atoms with Crippen molar-refractivity contribution in [3.8, 4) is 0 Å². The Bertz CT molecular complexity index is 758. The van der Waals surface area contributed by atoms with Gasteiger partial charge in [0.1, 0.15) is 17.5 Å². The Morgan fingerprint density at radius 1 is 1.22 bits per heavy atom. The molecule has 1 atom stereocenters. The van der Waals surface area contributed by atoms with E-state index in [9.17, 15) is 9.18 Å². The molecule has 0 radical (unpaired) electrons. The third kappa shape index (κ3) is 5.13. The molecule has 1 aliphatic rings. The van der Waals surface area contributed by atoms with E-state index in [1.54, 1.807) is 0 Å². The predicted molar refractivity (Wildman–Crippen MR) is 102 cm³/mol. The van der Waals surface area contributed by atoms with Crippen molar-refractivity contribution < 1.29 is 9.18 Å². The molecule has 0 saturated heterocycles. The lowest BCUT2D eigenvalue weighted by atomic mass is 10.1. The minimum absolute atomic E-state index is 0.203. The zero-order valence-corrected chi connectivity index (χ0v) is 16.1. The van der Waals surface area contributed by atoms with Gasteiger partial charge in [0.25, 0.3) is 5.91 Å². The summed E-state index contributed by atoms with van der Waals surface area (Å²) in [6.45, 7) is 9.03. The number of aromatic nitrogens is 3. The van der Waals surface area contributed by atoms with Crippen molar-refractivity contribution in [3.05, 3.63) is 47.3 Å². The standard InChI is InChI=1S/C20H28FN5O/c1-3-15(2)14-25-11-9-19-24-23-18(26(19)13-12-25)8-10-22-20(27)16-4-6-17(21)7-5-16/h4-7,15H,3,8-14H2,1-2H3,(H,22,27)/t15-/m1/s1. The molecule has 0 fully saturated rings. The number of nitrogens with one attached hydrogen (secondary N) is 1. The molecule has 7 heteroatoms. The quantitative estimate of drug-likeness (QED) is 0.809. The second kappa shape index (κ2) is 9.08. The van der Waals surface area contributed by atoms with Gasteiger partial charge in [0, 0.05) is 51.1 Å². The molecule has 2 heterocycles. The molecule has 0 aliphatic carbocycles. The number of rotatable bonds is 7. The van der Waals surface area contributed by atoms with Gasteiger partial charge in [0.05, 0.1) is 0 Å². The summed E-state index contributed by atoms with van der Waals surface area (Å²) in [4.78, 5) is 14.6. The molecular weight excluding hydrogens is 345 g/mol. The van der Waals surface area contributed by atoms with E-state index in [1.165, 1.54) is 30.7 Å². The van der Waals surface area contributed by atoms with Crippen molar-refractivity contribution in [2.45, 2.75) is 39.7 Å². The summed E-state index contributed by atoms with van der Waals surface area (Å²) in [6, 6.07) is 5.55. The van der Waals surface area contributed by atoms with Gasteiger partial charge in [-0.05, 0) is 30.2 Å². The van der Waals surface area contributed by atoms with E-state index < -0.39 is 0 Å². The summed E-state index contributed by atoms with van der Waals surface area (Å²) in [5, 5.41) is 11.5. The van der Waals surface area contributed by atoms with Crippen molar-refractivity contribution in [2.75, 3.05) is 26.2 Å². The van der Waals surface area contributed by atoms with Crippen molar-refractivity contribution >= 4 is 5.91 Å². The monoisotopic (exact) mass is 373 g/mol. The molecular formula is C20H28FN5O. The molecule has 27 heavy (non-hydrogen) atoms. The SMILES string of the molecule is CC[C@@H](C)CN1CCc2nnc(CCNC(=O)c3ccc(F)cc3)n2CC1. The third-order valence-electron chi connectivity index (χ3n) is 5.20. The molecule has 0 unspecified atom stereocenters. The molecule has 6 nitrogen and oxygen atoms in total. The average Bonchev–Trinajstić information content (AvgIpc) is 2.94. The molecule has 146 valence electrons. The largest absolute Gasteiger partial charge is 0.352 e. The topological polar surface area (TPSA) is 63.1 Å². The van der Waals surface area contributed by atoms with E-state index in [0.29, 0.717) is 24.4 Å². The average molecular weight is 373 g/mol. The fraction of sp³-hybridized carbons (Fsp3) is 0.550. The van der Waals surface area contributed by atoms with Crippen molar-refractivity contribution in [1.29, 1.82) is 0 Å². The number of benzene rings is 1. The normalized spacial score (nSPS) is 15.8. The zero-order valence-electron chi connectivity index (χ0n) is 16.1. The Morgan fingerprint density at radius 3 is 2.74 bits per heavy atom. The van der Waals surface area contributed by atoms with Gasteiger partial charge in [-0.25, -0.2) is 4.39 Å². The Morgan fingerprint density at radius 2 is 2.00 bits per heavy atom. The number of amides is 1. The summed E-state index contributed by atoms with van der Waals surface area (Å²) in [6.07, 6.45) is 2.73. The van der Waals surface area contributed by atoms with Crippen LogP contribution in [-0.4, -0.2) is 51.8 Å². The molecule has 3 rings (SSSR count). The smallest absolute Gasteiger partial charge is 0.251 e. The number of hydrogen-bond donors (Lipinski definition) is 1. The zero-order chi connectivity index (χ0) is 19.2. The number of fused-ring (bicyclic) bond motifs is 1. The van der Waals surface area contributed by atoms with Crippen LogP contribution in [0.3, 0.4) is 0 Å². The Labute approximate surface area is 159 Å². The summed E-state index contributed by atoms with van der Waals surface area (Å²) in [5.41, 5.74) is 0.456. The summed E-state index contributed by atoms with van der Waals surface area (Å²) < 4.78 is 15.1. The first-order valence-corrected chi connectivity index (χ1v) is 9.74. The van der Waals surface area contributed by atoms with Gasteiger partial charge in [-0.15, -0.1) is 10.2 Å². The van der Waals surface area contributed by atoms with E-state index in [2.05, 4.69) is 38.8 Å². The molecule has 0 saturated carbocycles. The Hall–Kier alpha value is -2.28. The first-order valence-electron chi connectivity index (χ1n) is 9.74. The first-order chi connectivity index (χ1) is 13.1. The van der Waals surface area contributed by atoms with Crippen LogP contribution in [0.1, 0.15) is 42.3 Å². The van der Waals surface area contributed by atoms with Crippen LogP contribution in [0.25, 0.3) is 0 Å². The van der Waals surface area contributed by atoms with Gasteiger partial charge < -0.3 is 14.8 Å². The van der Waals surface area contributed by atoms with Crippen LogP contribution >= 0.6 is 0 Å². The van der Waals surface area contributed by atoms with Crippen LogP contribution in [0.15, 0.2) is 24.3 Å². The maximum absolute atomic E-state index is 12.9. The van der Waals surface area contributed by atoms with Crippen LogP contribution in [0.2, 0.25) is 0 Å². The first kappa shape index (κ1) is 19.5. The second-order valence-corrected chi connectivity index (χ2v) is 7.26. The van der Waals surface area contributed by atoms with Gasteiger partial charge in [-0.3, -0.25) is 4.79 Å². The van der Waals surface area contributed by atoms with Crippen LogP contribution < -0.4 is 5.32 Å². The highest BCUT2D eigenvalue weighted by molar-refractivity contribution is 5.94.